The van der Waals surface area contributed by atoms with Crippen LogP contribution in [0.3, 0.4) is 0 Å². The highest BCUT2D eigenvalue weighted by molar-refractivity contribution is 5.89. The Bertz CT molecular complexity index is 674. The summed E-state index contributed by atoms with van der Waals surface area (Å²) in [5.74, 6) is 0.0333. The number of nitrogens with zero attached hydrogens (tertiary/aromatic N) is 1. The smallest absolute Gasteiger partial charge is 0.319 e. The van der Waals surface area contributed by atoms with Gasteiger partial charge in [-0.2, -0.15) is 0 Å². The minimum atomic E-state index is -0.279. The molecule has 6 heteroatoms. The van der Waals surface area contributed by atoms with Crippen LogP contribution in [-0.2, 0) is 17.9 Å². The average molecular weight is 326 g/mol. The second-order valence-electron chi connectivity index (χ2n) is 5.39. The van der Waals surface area contributed by atoms with E-state index >= 15 is 0 Å². The summed E-state index contributed by atoms with van der Waals surface area (Å²) in [7, 11) is 0. The van der Waals surface area contributed by atoms with E-state index in [4.69, 9.17) is 0 Å². The molecule has 126 valence electrons. The Hall–Kier alpha value is -2.89. The lowest BCUT2D eigenvalue weighted by Crippen LogP contribution is -2.28. The molecule has 3 amide bonds. The predicted molar refractivity (Wildman–Crippen MR) is 93.3 cm³/mol. The Morgan fingerprint density at radius 3 is 2.50 bits per heavy atom. The summed E-state index contributed by atoms with van der Waals surface area (Å²) in [5.41, 5.74) is 2.60. The summed E-state index contributed by atoms with van der Waals surface area (Å²) in [5, 5.41) is 8.43. The van der Waals surface area contributed by atoms with Crippen molar-refractivity contribution in [2.45, 2.75) is 32.9 Å². The van der Waals surface area contributed by atoms with Gasteiger partial charge in [0.05, 0.1) is 0 Å². The van der Waals surface area contributed by atoms with Gasteiger partial charge in [0, 0.05) is 37.6 Å². The molecule has 6 nitrogen and oxygen atoms in total. The molecule has 0 bridgehead atoms. The minimum Gasteiger partial charge on any atom is -0.352 e. The van der Waals surface area contributed by atoms with E-state index in [-0.39, 0.29) is 11.9 Å². The summed E-state index contributed by atoms with van der Waals surface area (Å²) in [6.07, 6.45) is 4.72. The van der Waals surface area contributed by atoms with Crippen LogP contribution in [0.4, 0.5) is 10.5 Å². The lowest BCUT2D eigenvalue weighted by molar-refractivity contribution is -0.121. The number of nitrogens with one attached hydrogen (secondary N) is 3. The van der Waals surface area contributed by atoms with Gasteiger partial charge in [0.25, 0.3) is 0 Å². The number of rotatable bonds is 7. The second kappa shape index (κ2) is 9.29. The Labute approximate surface area is 141 Å². The van der Waals surface area contributed by atoms with Crippen molar-refractivity contribution in [3.8, 4) is 0 Å². The van der Waals surface area contributed by atoms with E-state index in [1.165, 1.54) is 0 Å². The lowest BCUT2D eigenvalue weighted by Gasteiger charge is -2.10. The number of carbonyl (C=O) groups excluding carboxylic acids is 2. The highest BCUT2D eigenvalue weighted by Crippen LogP contribution is 2.10. The van der Waals surface area contributed by atoms with Gasteiger partial charge in [-0.3, -0.25) is 9.78 Å². The molecule has 0 unspecified atom stereocenters. The number of carbonyl (C=O) groups is 2. The van der Waals surface area contributed by atoms with Crippen molar-refractivity contribution in [3.05, 3.63) is 59.9 Å². The maximum atomic E-state index is 11.9. The zero-order chi connectivity index (χ0) is 17.2. The Balaban J connectivity index is 1.82. The van der Waals surface area contributed by atoms with E-state index in [0.29, 0.717) is 25.2 Å². The third-order valence-electron chi connectivity index (χ3n) is 3.35. The van der Waals surface area contributed by atoms with Gasteiger partial charge in [-0.25, -0.2) is 4.79 Å². The predicted octanol–water partition coefficient (Wildman–Crippen LogP) is 2.82. The number of hydrogen-bond donors (Lipinski definition) is 3. The fraction of sp³-hybridized carbons (Fsp3) is 0.278. The highest BCUT2D eigenvalue weighted by atomic mass is 16.2. The molecule has 0 fully saturated rings. The molecular formula is C18H22N4O2. The standard InChI is InChI=1S/C18H22N4O2/c1-2-4-17(23)20-13-15-5-3-6-16(11-15)22-18(24)21-12-14-7-9-19-10-8-14/h3,5-11H,2,4,12-13H2,1H3,(H,20,23)(H2,21,22,24). The average Bonchev–Trinajstić information content (AvgIpc) is 2.60. The first-order valence-corrected chi connectivity index (χ1v) is 7.96. The van der Waals surface area contributed by atoms with Crippen molar-refractivity contribution in [1.82, 2.24) is 15.6 Å². The van der Waals surface area contributed by atoms with E-state index in [2.05, 4.69) is 20.9 Å². The van der Waals surface area contributed by atoms with Gasteiger partial charge in [-0.15, -0.1) is 0 Å². The molecule has 0 aliphatic carbocycles. The number of aromatic nitrogens is 1. The minimum absolute atomic E-state index is 0.0333. The first kappa shape index (κ1) is 17.5. The van der Waals surface area contributed by atoms with Crippen LogP contribution in [0.15, 0.2) is 48.8 Å². The molecule has 2 rings (SSSR count). The van der Waals surface area contributed by atoms with Gasteiger partial charge in [0.15, 0.2) is 0 Å². The number of urea groups is 1. The third kappa shape index (κ3) is 6.08. The maximum Gasteiger partial charge on any atom is 0.319 e. The summed E-state index contributed by atoms with van der Waals surface area (Å²) < 4.78 is 0. The van der Waals surface area contributed by atoms with Crippen molar-refractivity contribution in [2.75, 3.05) is 5.32 Å². The van der Waals surface area contributed by atoms with Crippen LogP contribution in [0.2, 0.25) is 0 Å². The topological polar surface area (TPSA) is 83.1 Å². The van der Waals surface area contributed by atoms with Gasteiger partial charge >= 0.3 is 6.03 Å². The molecule has 1 aromatic heterocycles. The largest absolute Gasteiger partial charge is 0.352 e. The van der Waals surface area contributed by atoms with Crippen LogP contribution in [0, 0.1) is 0 Å². The summed E-state index contributed by atoms with van der Waals surface area (Å²) in [4.78, 5) is 27.4. The molecule has 1 heterocycles. The molecule has 0 saturated carbocycles. The quantitative estimate of drug-likeness (QED) is 0.731. The van der Waals surface area contributed by atoms with Crippen LogP contribution in [0.5, 0.6) is 0 Å². The van der Waals surface area contributed by atoms with E-state index in [9.17, 15) is 9.59 Å². The number of benzene rings is 1. The van der Waals surface area contributed by atoms with E-state index < -0.39 is 0 Å². The van der Waals surface area contributed by atoms with Gasteiger partial charge < -0.3 is 16.0 Å². The molecule has 1 aromatic carbocycles. The Morgan fingerprint density at radius 1 is 1.00 bits per heavy atom. The number of anilines is 1. The molecule has 0 saturated heterocycles. The summed E-state index contributed by atoms with van der Waals surface area (Å²) in [6, 6.07) is 10.8. The van der Waals surface area contributed by atoms with Crippen molar-refractivity contribution in [2.24, 2.45) is 0 Å². The zero-order valence-corrected chi connectivity index (χ0v) is 13.7. The van der Waals surface area contributed by atoms with Crippen LogP contribution in [-0.4, -0.2) is 16.9 Å². The van der Waals surface area contributed by atoms with Gasteiger partial charge in [-0.05, 0) is 41.8 Å². The first-order chi connectivity index (χ1) is 11.7. The molecule has 24 heavy (non-hydrogen) atoms. The SMILES string of the molecule is CCCC(=O)NCc1cccc(NC(=O)NCc2ccncc2)c1. The number of amides is 3. The Morgan fingerprint density at radius 2 is 1.75 bits per heavy atom. The van der Waals surface area contributed by atoms with E-state index in [1.807, 2.05) is 43.3 Å². The summed E-state index contributed by atoms with van der Waals surface area (Å²) in [6.45, 7) is 2.85. The lowest BCUT2D eigenvalue weighted by atomic mass is 10.2. The van der Waals surface area contributed by atoms with Gasteiger partial charge in [0.2, 0.25) is 5.91 Å². The van der Waals surface area contributed by atoms with Crippen molar-refractivity contribution in [3.63, 3.8) is 0 Å². The number of pyridine rings is 1. The highest BCUT2D eigenvalue weighted by Gasteiger charge is 2.04. The fourth-order valence-corrected chi connectivity index (χ4v) is 2.13. The number of hydrogen-bond acceptors (Lipinski definition) is 3. The Kier molecular flexibility index (Phi) is 6.76. The van der Waals surface area contributed by atoms with Crippen LogP contribution in [0.1, 0.15) is 30.9 Å². The molecule has 0 aliphatic rings. The molecule has 2 aromatic rings. The van der Waals surface area contributed by atoms with Crippen molar-refractivity contribution >= 4 is 17.6 Å². The molecule has 3 N–H and O–H groups in total. The van der Waals surface area contributed by atoms with Crippen LogP contribution in [0.25, 0.3) is 0 Å². The zero-order valence-electron chi connectivity index (χ0n) is 13.7. The second-order valence-corrected chi connectivity index (χ2v) is 5.39. The van der Waals surface area contributed by atoms with E-state index in [0.717, 1.165) is 17.5 Å². The first-order valence-electron chi connectivity index (χ1n) is 7.96. The van der Waals surface area contributed by atoms with Crippen molar-refractivity contribution < 1.29 is 9.59 Å². The van der Waals surface area contributed by atoms with Crippen LogP contribution >= 0.6 is 0 Å². The molecular weight excluding hydrogens is 304 g/mol. The van der Waals surface area contributed by atoms with Crippen molar-refractivity contribution in [1.29, 1.82) is 0 Å². The molecule has 0 aliphatic heterocycles. The molecule has 0 radical (unpaired) electrons. The third-order valence-corrected chi connectivity index (χ3v) is 3.35. The molecule has 0 spiro atoms. The fourth-order valence-electron chi connectivity index (χ4n) is 2.13. The van der Waals surface area contributed by atoms with Gasteiger partial charge in [-0.1, -0.05) is 19.1 Å². The van der Waals surface area contributed by atoms with Crippen LogP contribution < -0.4 is 16.0 Å². The molecule has 0 atom stereocenters. The van der Waals surface area contributed by atoms with Gasteiger partial charge in [0.1, 0.15) is 0 Å². The normalized spacial score (nSPS) is 10.0. The maximum absolute atomic E-state index is 11.9. The van der Waals surface area contributed by atoms with E-state index in [1.54, 1.807) is 12.4 Å². The monoisotopic (exact) mass is 326 g/mol. The summed E-state index contributed by atoms with van der Waals surface area (Å²) >= 11 is 0.